The minimum Gasteiger partial charge on any atom is -0.350 e. The zero-order chi connectivity index (χ0) is 10.5. The number of carbonyl (C=O) groups is 1. The van der Waals surface area contributed by atoms with Gasteiger partial charge < -0.3 is 10.6 Å². The van der Waals surface area contributed by atoms with E-state index < -0.39 is 0 Å². The van der Waals surface area contributed by atoms with Crippen LogP contribution in [0.25, 0.3) is 0 Å². The van der Waals surface area contributed by atoms with Gasteiger partial charge in [-0.05, 0) is 19.4 Å². The monoisotopic (exact) mass is 209 g/mol. The molecule has 0 aromatic carbocycles. The van der Waals surface area contributed by atoms with Crippen LogP contribution < -0.4 is 10.6 Å². The number of nitrogens with one attached hydrogen (secondary N) is 2. The molecule has 82 valence electrons. The number of nitrogens with zero attached hydrogens (tertiary/aromatic N) is 3. The van der Waals surface area contributed by atoms with Gasteiger partial charge in [-0.25, -0.2) is 4.68 Å². The molecule has 0 bridgehead atoms. The van der Waals surface area contributed by atoms with Crippen molar-refractivity contribution in [2.45, 2.75) is 25.4 Å². The van der Waals surface area contributed by atoms with Gasteiger partial charge in [0.2, 0.25) is 5.91 Å². The number of aromatic nitrogens is 3. The Balaban J connectivity index is 1.76. The minimum absolute atomic E-state index is 0.00537. The van der Waals surface area contributed by atoms with Crippen molar-refractivity contribution >= 4 is 5.91 Å². The fraction of sp³-hybridized carbons (Fsp3) is 0.667. The van der Waals surface area contributed by atoms with Crippen LogP contribution in [0.15, 0.2) is 12.4 Å². The van der Waals surface area contributed by atoms with Gasteiger partial charge in [-0.15, -0.1) is 5.10 Å². The van der Waals surface area contributed by atoms with Crippen LogP contribution in [0.4, 0.5) is 0 Å². The molecule has 6 heteroatoms. The van der Waals surface area contributed by atoms with Crippen molar-refractivity contribution in [1.29, 1.82) is 0 Å². The van der Waals surface area contributed by atoms with E-state index in [1.54, 1.807) is 12.4 Å². The molecule has 2 heterocycles. The van der Waals surface area contributed by atoms with Gasteiger partial charge in [0.1, 0.15) is 6.54 Å². The quantitative estimate of drug-likeness (QED) is 0.680. The number of rotatable bonds is 3. The summed E-state index contributed by atoms with van der Waals surface area (Å²) >= 11 is 0. The highest BCUT2D eigenvalue weighted by Crippen LogP contribution is 2.00. The molecule has 2 rings (SSSR count). The largest absolute Gasteiger partial charge is 0.350 e. The van der Waals surface area contributed by atoms with E-state index in [-0.39, 0.29) is 18.5 Å². The molecule has 0 spiro atoms. The Morgan fingerprint density at radius 1 is 1.67 bits per heavy atom. The molecule has 15 heavy (non-hydrogen) atoms. The Kier molecular flexibility index (Phi) is 3.29. The minimum atomic E-state index is -0.00537. The molecule has 1 amide bonds. The van der Waals surface area contributed by atoms with Crippen molar-refractivity contribution in [2.24, 2.45) is 0 Å². The van der Waals surface area contributed by atoms with E-state index in [2.05, 4.69) is 20.9 Å². The summed E-state index contributed by atoms with van der Waals surface area (Å²) in [6.07, 6.45) is 5.42. The van der Waals surface area contributed by atoms with Gasteiger partial charge >= 0.3 is 0 Å². The Morgan fingerprint density at radius 3 is 3.27 bits per heavy atom. The Bertz CT molecular complexity index is 304. The third-order valence-corrected chi connectivity index (χ3v) is 2.44. The molecule has 1 aliphatic rings. The molecule has 1 aromatic rings. The number of piperidine rings is 1. The van der Waals surface area contributed by atoms with Gasteiger partial charge in [0.15, 0.2) is 0 Å². The van der Waals surface area contributed by atoms with Crippen LogP contribution >= 0.6 is 0 Å². The van der Waals surface area contributed by atoms with Crippen LogP contribution in [-0.2, 0) is 11.3 Å². The summed E-state index contributed by atoms with van der Waals surface area (Å²) in [5.41, 5.74) is 0. The molecule has 6 nitrogen and oxygen atoms in total. The number of hydrogen-bond acceptors (Lipinski definition) is 4. The van der Waals surface area contributed by atoms with Crippen molar-refractivity contribution in [3.05, 3.63) is 12.4 Å². The first-order valence-electron chi connectivity index (χ1n) is 5.19. The summed E-state index contributed by atoms with van der Waals surface area (Å²) in [6, 6.07) is 0.259. The Morgan fingerprint density at radius 2 is 2.60 bits per heavy atom. The highest BCUT2D eigenvalue weighted by molar-refractivity contribution is 5.75. The van der Waals surface area contributed by atoms with Crippen LogP contribution in [0.5, 0.6) is 0 Å². The second-order valence-corrected chi connectivity index (χ2v) is 3.71. The van der Waals surface area contributed by atoms with Crippen LogP contribution in [0, 0.1) is 0 Å². The SMILES string of the molecule is O=C(Cn1ccnn1)N[C@H]1CCCNC1. The standard InChI is InChI=1S/C9H15N5O/c15-9(7-14-5-4-11-13-14)12-8-2-1-3-10-6-8/h4-5,8,10H,1-3,6-7H2,(H,12,15)/t8-/m0/s1. The van der Waals surface area contributed by atoms with E-state index in [1.165, 1.54) is 4.68 Å². The highest BCUT2D eigenvalue weighted by atomic mass is 16.2. The van der Waals surface area contributed by atoms with E-state index in [0.717, 1.165) is 25.9 Å². The second-order valence-electron chi connectivity index (χ2n) is 3.71. The van der Waals surface area contributed by atoms with E-state index in [9.17, 15) is 4.79 Å². The zero-order valence-electron chi connectivity index (χ0n) is 8.52. The van der Waals surface area contributed by atoms with Gasteiger partial charge in [0.25, 0.3) is 0 Å². The average molecular weight is 209 g/mol. The normalized spacial score (nSPS) is 21.2. The lowest BCUT2D eigenvalue weighted by molar-refractivity contribution is -0.122. The molecule has 1 atom stereocenters. The predicted molar refractivity (Wildman–Crippen MR) is 54.1 cm³/mol. The Hall–Kier alpha value is -1.43. The van der Waals surface area contributed by atoms with Gasteiger partial charge in [0, 0.05) is 18.8 Å². The summed E-state index contributed by atoms with van der Waals surface area (Å²) < 4.78 is 1.52. The summed E-state index contributed by atoms with van der Waals surface area (Å²) in [5.74, 6) is -0.00537. The van der Waals surface area contributed by atoms with Gasteiger partial charge in [-0.3, -0.25) is 4.79 Å². The molecule has 2 N–H and O–H groups in total. The maximum atomic E-state index is 11.6. The highest BCUT2D eigenvalue weighted by Gasteiger charge is 2.15. The molecule has 1 aromatic heterocycles. The number of carbonyl (C=O) groups excluding carboxylic acids is 1. The Labute approximate surface area is 88.0 Å². The smallest absolute Gasteiger partial charge is 0.242 e. The molecule has 1 saturated heterocycles. The second kappa shape index (κ2) is 4.88. The van der Waals surface area contributed by atoms with E-state index >= 15 is 0 Å². The molecule has 0 unspecified atom stereocenters. The topological polar surface area (TPSA) is 71.8 Å². The van der Waals surface area contributed by atoms with Crippen LogP contribution in [0.1, 0.15) is 12.8 Å². The van der Waals surface area contributed by atoms with E-state index in [0.29, 0.717) is 0 Å². The summed E-state index contributed by atoms with van der Waals surface area (Å²) in [5, 5.41) is 13.6. The first-order valence-corrected chi connectivity index (χ1v) is 5.19. The third kappa shape index (κ3) is 3.02. The predicted octanol–water partition coefficient (Wildman–Crippen LogP) is -0.854. The average Bonchev–Trinajstić information content (AvgIpc) is 2.71. The number of amides is 1. The first-order chi connectivity index (χ1) is 7.34. The number of hydrogen-bond donors (Lipinski definition) is 2. The lowest BCUT2D eigenvalue weighted by Crippen LogP contribution is -2.46. The van der Waals surface area contributed by atoms with E-state index in [1.807, 2.05) is 0 Å². The van der Waals surface area contributed by atoms with E-state index in [4.69, 9.17) is 0 Å². The molecule has 1 fully saturated rings. The molecule has 0 saturated carbocycles. The van der Waals surface area contributed by atoms with Gasteiger partial charge in [-0.1, -0.05) is 5.21 Å². The van der Waals surface area contributed by atoms with Crippen LogP contribution in [0.3, 0.4) is 0 Å². The first kappa shape index (κ1) is 10.1. The summed E-state index contributed by atoms with van der Waals surface area (Å²) in [6.45, 7) is 2.16. The van der Waals surface area contributed by atoms with Crippen molar-refractivity contribution < 1.29 is 4.79 Å². The molecular weight excluding hydrogens is 194 g/mol. The van der Waals surface area contributed by atoms with Crippen LogP contribution in [-0.4, -0.2) is 40.0 Å². The summed E-state index contributed by atoms with van der Waals surface area (Å²) in [4.78, 5) is 11.6. The van der Waals surface area contributed by atoms with Crippen molar-refractivity contribution in [3.8, 4) is 0 Å². The van der Waals surface area contributed by atoms with Crippen molar-refractivity contribution in [2.75, 3.05) is 13.1 Å². The van der Waals surface area contributed by atoms with Crippen molar-refractivity contribution in [3.63, 3.8) is 0 Å². The molecule has 0 aliphatic carbocycles. The molecule has 0 radical (unpaired) electrons. The van der Waals surface area contributed by atoms with Gasteiger partial charge in [-0.2, -0.15) is 0 Å². The lowest BCUT2D eigenvalue weighted by Gasteiger charge is -2.23. The zero-order valence-corrected chi connectivity index (χ0v) is 8.52. The molecular formula is C9H15N5O. The molecule has 1 aliphatic heterocycles. The lowest BCUT2D eigenvalue weighted by atomic mass is 10.1. The fourth-order valence-electron chi connectivity index (χ4n) is 1.71. The third-order valence-electron chi connectivity index (χ3n) is 2.44. The van der Waals surface area contributed by atoms with Crippen LogP contribution in [0.2, 0.25) is 0 Å². The maximum Gasteiger partial charge on any atom is 0.242 e. The summed E-state index contributed by atoms with van der Waals surface area (Å²) in [7, 11) is 0. The van der Waals surface area contributed by atoms with Gasteiger partial charge in [0.05, 0.1) is 6.20 Å². The maximum absolute atomic E-state index is 11.6. The van der Waals surface area contributed by atoms with Crippen molar-refractivity contribution in [1.82, 2.24) is 25.6 Å². The fourth-order valence-corrected chi connectivity index (χ4v) is 1.71.